The monoisotopic (exact) mass is 360 g/mol. The molecule has 0 bridgehead atoms. The second-order valence-electron chi connectivity index (χ2n) is 4.46. The number of azo groups is 1. The van der Waals surface area contributed by atoms with Gasteiger partial charge in [0.25, 0.3) is 5.56 Å². The Kier molecular flexibility index (Phi) is 3.97. The number of halogens is 2. The summed E-state index contributed by atoms with van der Waals surface area (Å²) in [6.45, 7) is 0. The average Bonchev–Trinajstić information content (AvgIpc) is 2.88. The van der Waals surface area contributed by atoms with Gasteiger partial charge in [0.15, 0.2) is 5.69 Å². The summed E-state index contributed by atoms with van der Waals surface area (Å²) in [4.78, 5) is 11.9. The second-order valence-corrected chi connectivity index (χ2v) is 5.32. The summed E-state index contributed by atoms with van der Waals surface area (Å²) in [6, 6.07) is 13.0. The number of nitrogens with zero attached hydrogens (tertiary/aromatic N) is 2. The fourth-order valence-electron chi connectivity index (χ4n) is 1.91. The highest BCUT2D eigenvalue weighted by Gasteiger charge is 2.11. The second kappa shape index (κ2) is 6.07. The van der Waals surface area contributed by atoms with Crippen LogP contribution in [-0.4, -0.2) is 10.2 Å². The molecule has 0 aliphatic carbocycles. The standard InChI is InChI=1S/C15H10BrFN4O/c16-11-3-1-2-4-12(11)18-20-14-13(19-21-15(14)22)9-5-7-10(17)8-6-9/h1-8H,(H2,19,21,22). The van der Waals surface area contributed by atoms with E-state index in [0.717, 1.165) is 4.47 Å². The third-order valence-corrected chi connectivity index (χ3v) is 3.67. The van der Waals surface area contributed by atoms with Crippen molar-refractivity contribution in [1.29, 1.82) is 0 Å². The fraction of sp³-hybridized carbons (Fsp3) is 0. The van der Waals surface area contributed by atoms with Gasteiger partial charge in [0.1, 0.15) is 5.82 Å². The maximum Gasteiger partial charge on any atom is 0.292 e. The Morgan fingerprint density at radius 3 is 2.41 bits per heavy atom. The molecular formula is C15H10BrFN4O. The number of hydrogen-bond donors (Lipinski definition) is 2. The largest absolute Gasteiger partial charge is 0.295 e. The van der Waals surface area contributed by atoms with E-state index in [4.69, 9.17) is 0 Å². The highest BCUT2D eigenvalue weighted by molar-refractivity contribution is 9.10. The molecule has 0 atom stereocenters. The van der Waals surface area contributed by atoms with Crippen LogP contribution in [0.3, 0.4) is 0 Å². The van der Waals surface area contributed by atoms with Crippen LogP contribution in [0.5, 0.6) is 0 Å². The number of aromatic amines is 2. The zero-order valence-corrected chi connectivity index (χ0v) is 12.8. The van der Waals surface area contributed by atoms with Crippen LogP contribution in [0.25, 0.3) is 11.3 Å². The van der Waals surface area contributed by atoms with Crippen molar-refractivity contribution in [2.45, 2.75) is 0 Å². The van der Waals surface area contributed by atoms with Gasteiger partial charge < -0.3 is 0 Å². The van der Waals surface area contributed by atoms with Gasteiger partial charge in [-0.2, -0.15) is 0 Å². The molecule has 0 saturated carbocycles. The minimum atomic E-state index is -0.393. The molecule has 0 aliphatic rings. The zero-order valence-electron chi connectivity index (χ0n) is 11.2. The van der Waals surface area contributed by atoms with Crippen molar-refractivity contribution in [3.63, 3.8) is 0 Å². The molecule has 7 heteroatoms. The minimum Gasteiger partial charge on any atom is -0.295 e. The molecule has 1 heterocycles. The van der Waals surface area contributed by atoms with Gasteiger partial charge in [-0.1, -0.05) is 12.1 Å². The van der Waals surface area contributed by atoms with E-state index < -0.39 is 5.56 Å². The number of nitrogens with one attached hydrogen (secondary N) is 2. The normalized spacial score (nSPS) is 11.2. The first-order valence-electron chi connectivity index (χ1n) is 6.38. The van der Waals surface area contributed by atoms with Crippen LogP contribution in [0.15, 0.2) is 68.0 Å². The predicted octanol–water partition coefficient (Wildman–Crippen LogP) is 4.69. The van der Waals surface area contributed by atoms with E-state index in [1.54, 1.807) is 18.2 Å². The van der Waals surface area contributed by atoms with E-state index >= 15 is 0 Å². The summed E-state index contributed by atoms with van der Waals surface area (Å²) in [5, 5.41) is 13.3. The number of aromatic nitrogens is 2. The lowest BCUT2D eigenvalue weighted by molar-refractivity contribution is 0.628. The molecule has 1 aromatic heterocycles. The van der Waals surface area contributed by atoms with Crippen molar-refractivity contribution in [2.24, 2.45) is 10.2 Å². The first-order chi connectivity index (χ1) is 10.6. The van der Waals surface area contributed by atoms with Crippen molar-refractivity contribution < 1.29 is 4.39 Å². The fourth-order valence-corrected chi connectivity index (χ4v) is 2.27. The van der Waals surface area contributed by atoms with Crippen LogP contribution in [-0.2, 0) is 0 Å². The molecule has 2 N–H and O–H groups in total. The molecule has 3 rings (SSSR count). The smallest absolute Gasteiger partial charge is 0.292 e. The molecule has 3 aromatic rings. The van der Waals surface area contributed by atoms with E-state index in [0.29, 0.717) is 16.9 Å². The Bertz CT molecular complexity index is 883. The van der Waals surface area contributed by atoms with Crippen LogP contribution in [0.1, 0.15) is 0 Å². The highest BCUT2D eigenvalue weighted by Crippen LogP contribution is 2.29. The summed E-state index contributed by atoms with van der Waals surface area (Å²) < 4.78 is 13.8. The molecule has 0 aliphatic heterocycles. The van der Waals surface area contributed by atoms with E-state index in [-0.39, 0.29) is 11.5 Å². The Morgan fingerprint density at radius 2 is 1.68 bits per heavy atom. The summed E-state index contributed by atoms with van der Waals surface area (Å²) in [5.74, 6) is -0.349. The summed E-state index contributed by atoms with van der Waals surface area (Å²) in [6.07, 6.45) is 0. The third kappa shape index (κ3) is 2.89. The van der Waals surface area contributed by atoms with E-state index in [1.807, 2.05) is 18.2 Å². The molecule has 0 amide bonds. The van der Waals surface area contributed by atoms with Crippen LogP contribution in [0, 0.1) is 5.82 Å². The highest BCUT2D eigenvalue weighted by atomic mass is 79.9. The first kappa shape index (κ1) is 14.4. The quantitative estimate of drug-likeness (QED) is 0.653. The molecule has 0 fully saturated rings. The van der Waals surface area contributed by atoms with Crippen molar-refractivity contribution >= 4 is 27.3 Å². The van der Waals surface area contributed by atoms with Gasteiger partial charge in [0, 0.05) is 10.0 Å². The molecule has 22 heavy (non-hydrogen) atoms. The third-order valence-electron chi connectivity index (χ3n) is 3.00. The van der Waals surface area contributed by atoms with E-state index in [1.165, 1.54) is 12.1 Å². The van der Waals surface area contributed by atoms with Crippen molar-refractivity contribution in [3.8, 4) is 11.3 Å². The topological polar surface area (TPSA) is 73.4 Å². The van der Waals surface area contributed by atoms with Crippen LogP contribution in [0.2, 0.25) is 0 Å². The Balaban J connectivity index is 2.01. The molecule has 5 nitrogen and oxygen atoms in total. The van der Waals surface area contributed by atoms with Gasteiger partial charge >= 0.3 is 0 Å². The maximum absolute atomic E-state index is 13.0. The minimum absolute atomic E-state index is 0.141. The Labute approximate surface area is 133 Å². The van der Waals surface area contributed by atoms with Gasteiger partial charge in [-0.15, -0.1) is 10.2 Å². The van der Waals surface area contributed by atoms with Crippen molar-refractivity contribution in [1.82, 2.24) is 10.2 Å². The molecule has 110 valence electrons. The SMILES string of the molecule is O=c1[nH][nH]c(-c2ccc(F)cc2)c1N=Nc1ccccc1Br. The summed E-state index contributed by atoms with van der Waals surface area (Å²) >= 11 is 3.36. The van der Waals surface area contributed by atoms with Crippen molar-refractivity contribution in [3.05, 3.63) is 69.2 Å². The lowest BCUT2D eigenvalue weighted by atomic mass is 10.1. The maximum atomic E-state index is 13.0. The van der Waals surface area contributed by atoms with Gasteiger partial charge in [-0.05, 0) is 52.3 Å². The lowest BCUT2D eigenvalue weighted by Gasteiger charge is -1.99. The summed E-state index contributed by atoms with van der Waals surface area (Å²) in [5.41, 5.74) is 1.45. The molecular weight excluding hydrogens is 351 g/mol. The Hall–Kier alpha value is -2.54. The van der Waals surface area contributed by atoms with E-state index in [9.17, 15) is 9.18 Å². The average molecular weight is 361 g/mol. The van der Waals surface area contributed by atoms with Gasteiger partial charge in [0.2, 0.25) is 0 Å². The number of rotatable bonds is 3. The zero-order chi connectivity index (χ0) is 15.5. The van der Waals surface area contributed by atoms with Crippen molar-refractivity contribution in [2.75, 3.05) is 0 Å². The number of H-pyrrole nitrogens is 2. The predicted molar refractivity (Wildman–Crippen MR) is 85.1 cm³/mol. The van der Waals surface area contributed by atoms with Gasteiger partial charge in [0.05, 0.1) is 11.4 Å². The van der Waals surface area contributed by atoms with Gasteiger partial charge in [-0.3, -0.25) is 15.0 Å². The lowest BCUT2D eigenvalue weighted by Crippen LogP contribution is -1.96. The van der Waals surface area contributed by atoms with E-state index in [2.05, 4.69) is 36.4 Å². The molecule has 2 aromatic carbocycles. The summed E-state index contributed by atoms with van der Waals surface area (Å²) in [7, 11) is 0. The Morgan fingerprint density at radius 1 is 0.955 bits per heavy atom. The molecule has 0 saturated heterocycles. The van der Waals surface area contributed by atoms with Crippen LogP contribution in [0.4, 0.5) is 15.8 Å². The molecule has 0 spiro atoms. The van der Waals surface area contributed by atoms with Gasteiger partial charge in [-0.25, -0.2) is 4.39 Å². The number of hydrogen-bond acceptors (Lipinski definition) is 3. The molecule has 0 radical (unpaired) electrons. The van der Waals surface area contributed by atoms with Crippen LogP contribution < -0.4 is 5.56 Å². The number of benzene rings is 2. The first-order valence-corrected chi connectivity index (χ1v) is 7.17. The molecule has 0 unspecified atom stereocenters. The van der Waals surface area contributed by atoms with Crippen LogP contribution >= 0.6 is 15.9 Å².